The summed E-state index contributed by atoms with van der Waals surface area (Å²) in [6.07, 6.45) is 8.61. The predicted molar refractivity (Wildman–Crippen MR) is 135 cm³/mol. The number of hydrogen-bond donors (Lipinski definition) is 3. The summed E-state index contributed by atoms with van der Waals surface area (Å²) < 4.78 is 7.79. The van der Waals surface area contributed by atoms with E-state index < -0.39 is 0 Å². The molecular weight excluding hydrogens is 456 g/mol. The van der Waals surface area contributed by atoms with Crippen LogP contribution in [-0.4, -0.2) is 49.3 Å². The Morgan fingerprint density at radius 3 is 2.78 bits per heavy atom. The molecule has 0 radical (unpaired) electrons. The number of aliphatic hydroxyl groups excluding tert-OH is 1. The summed E-state index contributed by atoms with van der Waals surface area (Å²) in [5.41, 5.74) is 3.98. The minimum Gasteiger partial charge on any atom is -0.437 e. The molecule has 0 unspecified atom stereocenters. The van der Waals surface area contributed by atoms with E-state index >= 15 is 0 Å². The summed E-state index contributed by atoms with van der Waals surface area (Å²) in [6, 6.07) is 11.6. The monoisotopic (exact) mass is 484 g/mol. The van der Waals surface area contributed by atoms with E-state index in [1.807, 2.05) is 43.3 Å². The number of nitrogens with one attached hydrogen (secondary N) is 2. The van der Waals surface area contributed by atoms with Gasteiger partial charge in [0.05, 0.1) is 18.5 Å². The lowest BCUT2D eigenvalue weighted by Gasteiger charge is -2.31. The lowest BCUT2D eigenvalue weighted by Crippen LogP contribution is -2.33. The highest BCUT2D eigenvalue weighted by atomic mass is 16.5. The highest BCUT2D eigenvalue weighted by molar-refractivity contribution is 5.97. The lowest BCUT2D eigenvalue weighted by molar-refractivity contribution is 0.0486. The van der Waals surface area contributed by atoms with Crippen LogP contribution in [0, 0.1) is 12.8 Å². The van der Waals surface area contributed by atoms with E-state index in [0.29, 0.717) is 34.8 Å². The Balaban J connectivity index is 1.34. The third-order valence-corrected chi connectivity index (χ3v) is 6.78. The number of aliphatic hydroxyl groups is 1. The molecule has 9 nitrogen and oxygen atoms in total. The molecule has 0 saturated heterocycles. The van der Waals surface area contributed by atoms with Crippen molar-refractivity contribution in [3.8, 4) is 22.8 Å². The van der Waals surface area contributed by atoms with Gasteiger partial charge in [0.15, 0.2) is 5.65 Å². The maximum Gasteiger partial charge on any atom is 0.251 e. The van der Waals surface area contributed by atoms with E-state index in [2.05, 4.69) is 20.7 Å². The molecule has 36 heavy (non-hydrogen) atoms. The van der Waals surface area contributed by atoms with Crippen molar-refractivity contribution in [2.45, 2.75) is 44.8 Å². The van der Waals surface area contributed by atoms with E-state index in [-0.39, 0.29) is 12.0 Å². The van der Waals surface area contributed by atoms with Crippen LogP contribution in [0.3, 0.4) is 0 Å². The molecule has 2 aliphatic rings. The number of carbonyl (C=O) groups excluding carboxylic acids is 1. The van der Waals surface area contributed by atoms with Gasteiger partial charge in [-0.05, 0) is 67.9 Å². The van der Waals surface area contributed by atoms with Crippen LogP contribution < -0.4 is 15.4 Å². The van der Waals surface area contributed by atoms with E-state index in [9.17, 15) is 9.90 Å². The van der Waals surface area contributed by atoms with Crippen LogP contribution in [0.25, 0.3) is 16.8 Å². The molecular formula is C27H28N6O3. The fraction of sp³-hybridized carbons (Fsp3) is 0.333. The first-order valence-electron chi connectivity index (χ1n) is 12.3. The maximum absolute atomic E-state index is 12.6. The third kappa shape index (κ3) is 4.61. The second-order valence-electron chi connectivity index (χ2n) is 9.71. The van der Waals surface area contributed by atoms with Crippen molar-refractivity contribution < 1.29 is 14.6 Å². The number of aromatic nitrogens is 4. The first-order chi connectivity index (χ1) is 17.5. The minimum absolute atomic E-state index is 0.0284. The number of ether oxygens (including phenoxy) is 1. The van der Waals surface area contributed by atoms with E-state index in [0.717, 1.165) is 54.7 Å². The molecule has 0 bridgehead atoms. The highest BCUT2D eigenvalue weighted by Crippen LogP contribution is 2.32. The molecule has 3 heterocycles. The normalized spacial score (nSPS) is 19.1. The fourth-order valence-electron chi connectivity index (χ4n) is 4.54. The molecule has 0 atom stereocenters. The number of hydrogen-bond acceptors (Lipinski definition) is 7. The molecule has 3 N–H and O–H groups in total. The zero-order valence-electron chi connectivity index (χ0n) is 20.0. The number of pyridine rings is 1. The van der Waals surface area contributed by atoms with Gasteiger partial charge < -0.3 is 20.5 Å². The Bertz CT molecular complexity index is 1410. The Hall–Kier alpha value is -3.98. The number of aryl methyl sites for hydroxylation is 1. The molecule has 184 valence electrons. The van der Waals surface area contributed by atoms with Crippen LogP contribution in [0.1, 0.15) is 41.6 Å². The summed E-state index contributed by atoms with van der Waals surface area (Å²) in [6.45, 7) is 2.67. The van der Waals surface area contributed by atoms with E-state index in [1.54, 1.807) is 23.1 Å². The Morgan fingerprint density at radius 2 is 2.06 bits per heavy atom. The van der Waals surface area contributed by atoms with Crippen molar-refractivity contribution >= 4 is 17.4 Å². The van der Waals surface area contributed by atoms with Crippen molar-refractivity contribution in [2.24, 2.45) is 5.92 Å². The molecule has 4 aromatic rings. The summed E-state index contributed by atoms with van der Waals surface area (Å²) in [4.78, 5) is 21.5. The molecule has 9 heteroatoms. The Labute approximate surface area is 208 Å². The second kappa shape index (κ2) is 9.23. The van der Waals surface area contributed by atoms with Gasteiger partial charge in [0.2, 0.25) is 5.88 Å². The molecule has 0 aliphatic heterocycles. The largest absolute Gasteiger partial charge is 0.437 e. The van der Waals surface area contributed by atoms with Crippen LogP contribution in [0.15, 0.2) is 55.0 Å². The number of amides is 1. The number of anilines is 1. The Kier molecular flexibility index (Phi) is 5.77. The zero-order valence-corrected chi connectivity index (χ0v) is 20.0. The average Bonchev–Trinajstić information content (AvgIpc) is 3.56. The number of carbonyl (C=O) groups is 1. The van der Waals surface area contributed by atoms with Crippen molar-refractivity contribution in [1.82, 2.24) is 24.9 Å². The first-order valence-corrected chi connectivity index (χ1v) is 12.3. The summed E-state index contributed by atoms with van der Waals surface area (Å²) in [7, 11) is 0. The van der Waals surface area contributed by atoms with E-state index in [1.165, 1.54) is 0 Å². The fourth-order valence-corrected chi connectivity index (χ4v) is 4.54. The summed E-state index contributed by atoms with van der Waals surface area (Å²) >= 11 is 0. The van der Waals surface area contributed by atoms with Gasteiger partial charge in [-0.15, -0.1) is 0 Å². The second-order valence-corrected chi connectivity index (χ2v) is 9.71. The molecule has 1 amide bonds. The van der Waals surface area contributed by atoms with Gasteiger partial charge in [0, 0.05) is 36.0 Å². The number of benzene rings is 1. The summed E-state index contributed by atoms with van der Waals surface area (Å²) in [5.74, 6) is 2.15. The average molecular weight is 485 g/mol. The molecule has 1 aromatic carbocycles. The van der Waals surface area contributed by atoms with Gasteiger partial charge in [0.1, 0.15) is 11.6 Å². The molecule has 2 fully saturated rings. The van der Waals surface area contributed by atoms with Crippen LogP contribution >= 0.6 is 0 Å². The minimum atomic E-state index is -0.201. The van der Waals surface area contributed by atoms with Gasteiger partial charge in [0.25, 0.3) is 5.91 Å². The van der Waals surface area contributed by atoms with Gasteiger partial charge in [-0.2, -0.15) is 14.6 Å². The smallest absolute Gasteiger partial charge is 0.251 e. The van der Waals surface area contributed by atoms with Crippen LogP contribution in [-0.2, 0) is 0 Å². The van der Waals surface area contributed by atoms with Gasteiger partial charge in [-0.1, -0.05) is 12.1 Å². The van der Waals surface area contributed by atoms with Crippen LogP contribution in [0.5, 0.6) is 11.6 Å². The molecule has 6 rings (SSSR count). The Morgan fingerprint density at radius 1 is 1.19 bits per heavy atom. The van der Waals surface area contributed by atoms with Crippen molar-refractivity contribution in [1.29, 1.82) is 0 Å². The van der Waals surface area contributed by atoms with Crippen molar-refractivity contribution in [3.05, 3.63) is 66.1 Å². The third-order valence-electron chi connectivity index (χ3n) is 6.78. The SMILES string of the molecule is Cc1cc(-c2cnn3c(NC[C@H]4C[C@H](O)C4)cc(Oc4cccnc4)nc23)ccc1C(=O)NC1CC1. The van der Waals surface area contributed by atoms with Gasteiger partial charge in [-0.3, -0.25) is 9.78 Å². The summed E-state index contributed by atoms with van der Waals surface area (Å²) in [5, 5.41) is 20.8. The maximum atomic E-state index is 12.6. The number of nitrogens with zero attached hydrogens (tertiary/aromatic N) is 4. The standard InChI is InChI=1S/C27H28N6O3/c1-16-9-18(4-7-22(16)27(35)31-19-5-6-19)23-15-30-33-24(29-13-17-10-20(34)11-17)12-25(32-26(23)33)36-21-3-2-8-28-14-21/h2-4,7-9,12,14-15,17,19-20,29,34H,5-6,10-11,13H2,1H3,(H,31,35)/t17-,20-. The van der Waals surface area contributed by atoms with Gasteiger partial charge in [-0.25, -0.2) is 0 Å². The van der Waals surface area contributed by atoms with Crippen LogP contribution in [0.2, 0.25) is 0 Å². The zero-order chi connectivity index (χ0) is 24.6. The van der Waals surface area contributed by atoms with Crippen LogP contribution in [0.4, 0.5) is 5.82 Å². The molecule has 3 aromatic heterocycles. The quantitative estimate of drug-likeness (QED) is 0.347. The molecule has 2 aliphatic carbocycles. The molecule has 2 saturated carbocycles. The van der Waals surface area contributed by atoms with Gasteiger partial charge >= 0.3 is 0 Å². The topological polar surface area (TPSA) is 114 Å². The number of fused-ring (bicyclic) bond motifs is 1. The highest BCUT2D eigenvalue weighted by Gasteiger charge is 2.27. The van der Waals surface area contributed by atoms with E-state index in [4.69, 9.17) is 9.72 Å². The number of rotatable bonds is 8. The predicted octanol–water partition coefficient (Wildman–Crippen LogP) is 3.97. The first kappa shape index (κ1) is 22.5. The van der Waals surface area contributed by atoms with Crippen molar-refractivity contribution in [3.63, 3.8) is 0 Å². The molecule has 0 spiro atoms. The lowest BCUT2D eigenvalue weighted by atomic mass is 9.82. The van der Waals surface area contributed by atoms with Crippen molar-refractivity contribution in [2.75, 3.05) is 11.9 Å².